The first-order chi connectivity index (χ1) is 9.23. The van der Waals surface area contributed by atoms with E-state index in [-0.39, 0.29) is 0 Å². The van der Waals surface area contributed by atoms with Crippen molar-refractivity contribution in [1.29, 1.82) is 0 Å². The maximum Gasteiger partial charge on any atom is 0.310 e. The molecule has 2 rings (SSSR count). The van der Waals surface area contributed by atoms with E-state index in [1.807, 2.05) is 0 Å². The summed E-state index contributed by atoms with van der Waals surface area (Å²) >= 11 is 0. The van der Waals surface area contributed by atoms with Crippen molar-refractivity contribution >= 4 is 5.97 Å². The fraction of sp³-hybridized carbons (Fsp3) is 0.941. The number of carboxylic acid groups (broad SMARTS) is 1. The lowest BCUT2D eigenvalue weighted by molar-refractivity contribution is -0.153. The van der Waals surface area contributed by atoms with E-state index in [1.165, 1.54) is 12.8 Å². The van der Waals surface area contributed by atoms with E-state index in [4.69, 9.17) is 0 Å². The van der Waals surface area contributed by atoms with Gasteiger partial charge in [-0.05, 0) is 43.1 Å². The minimum atomic E-state index is -0.566. The highest BCUT2D eigenvalue weighted by Gasteiger charge is 2.44. The van der Waals surface area contributed by atoms with Gasteiger partial charge in [-0.25, -0.2) is 0 Å². The van der Waals surface area contributed by atoms with Crippen LogP contribution in [0.3, 0.4) is 0 Å². The van der Waals surface area contributed by atoms with Gasteiger partial charge in [0.25, 0.3) is 0 Å². The minimum absolute atomic E-state index is 0.338. The number of carbonyl (C=O) groups is 1. The molecule has 2 fully saturated rings. The van der Waals surface area contributed by atoms with Gasteiger partial charge < -0.3 is 10.0 Å². The first kappa shape index (κ1) is 15.8. The van der Waals surface area contributed by atoms with E-state index >= 15 is 0 Å². The average Bonchev–Trinajstić information content (AvgIpc) is 2.76. The molecule has 0 bridgehead atoms. The fourth-order valence-electron chi connectivity index (χ4n) is 4.18. The van der Waals surface area contributed by atoms with Crippen LogP contribution in [0.2, 0.25) is 0 Å². The predicted octanol–water partition coefficient (Wildman–Crippen LogP) is 3.64. The van der Waals surface area contributed by atoms with E-state index in [1.54, 1.807) is 0 Å². The summed E-state index contributed by atoms with van der Waals surface area (Å²) < 4.78 is 0. The fourth-order valence-corrected chi connectivity index (χ4v) is 4.18. The highest BCUT2D eigenvalue weighted by atomic mass is 16.4. The quantitative estimate of drug-likeness (QED) is 0.858. The SMILES string of the molecule is CC1CCCC(CN2CCC(C(C)(C)C)C2)(C(=O)O)C1. The Bertz CT molecular complexity index is 360. The van der Waals surface area contributed by atoms with Gasteiger partial charge in [0, 0.05) is 13.1 Å². The zero-order valence-corrected chi connectivity index (χ0v) is 13.6. The third kappa shape index (κ3) is 3.36. The van der Waals surface area contributed by atoms with Gasteiger partial charge in [0.1, 0.15) is 0 Å². The molecule has 0 aromatic heterocycles. The first-order valence-electron chi connectivity index (χ1n) is 8.19. The lowest BCUT2D eigenvalue weighted by Gasteiger charge is -2.39. The Balaban J connectivity index is 2.02. The van der Waals surface area contributed by atoms with Crippen LogP contribution in [-0.2, 0) is 4.79 Å². The van der Waals surface area contributed by atoms with E-state index < -0.39 is 11.4 Å². The monoisotopic (exact) mass is 281 g/mol. The van der Waals surface area contributed by atoms with Crippen LogP contribution < -0.4 is 0 Å². The van der Waals surface area contributed by atoms with Crippen molar-refractivity contribution in [3.8, 4) is 0 Å². The van der Waals surface area contributed by atoms with Gasteiger partial charge in [0.15, 0.2) is 0 Å². The van der Waals surface area contributed by atoms with Crippen LogP contribution >= 0.6 is 0 Å². The maximum absolute atomic E-state index is 11.9. The molecule has 0 aromatic carbocycles. The average molecular weight is 281 g/mol. The third-order valence-corrected chi connectivity index (χ3v) is 5.57. The number of carboxylic acids is 1. The van der Waals surface area contributed by atoms with Crippen molar-refractivity contribution in [1.82, 2.24) is 4.90 Å². The molecule has 2 aliphatic rings. The lowest BCUT2D eigenvalue weighted by Crippen LogP contribution is -2.45. The summed E-state index contributed by atoms with van der Waals surface area (Å²) in [6, 6.07) is 0. The Morgan fingerprint density at radius 2 is 2.05 bits per heavy atom. The van der Waals surface area contributed by atoms with Crippen molar-refractivity contribution < 1.29 is 9.90 Å². The Morgan fingerprint density at radius 3 is 2.55 bits per heavy atom. The second-order valence-corrected chi connectivity index (χ2v) is 8.37. The van der Waals surface area contributed by atoms with E-state index in [0.717, 1.165) is 38.9 Å². The zero-order valence-electron chi connectivity index (χ0n) is 13.6. The standard InChI is InChI=1S/C17H31NO2/c1-13-6-5-8-17(10-13,15(19)20)12-18-9-7-14(11-18)16(2,3)4/h13-14H,5-12H2,1-4H3,(H,19,20). The van der Waals surface area contributed by atoms with Crippen molar-refractivity contribution in [2.24, 2.45) is 22.7 Å². The van der Waals surface area contributed by atoms with Crippen LogP contribution in [0.15, 0.2) is 0 Å². The van der Waals surface area contributed by atoms with Crippen molar-refractivity contribution in [2.75, 3.05) is 19.6 Å². The van der Waals surface area contributed by atoms with E-state index in [0.29, 0.717) is 17.3 Å². The molecule has 3 atom stereocenters. The van der Waals surface area contributed by atoms with Crippen molar-refractivity contribution in [2.45, 2.75) is 59.8 Å². The highest BCUT2D eigenvalue weighted by molar-refractivity contribution is 5.75. The van der Waals surface area contributed by atoms with E-state index in [9.17, 15) is 9.90 Å². The van der Waals surface area contributed by atoms with Gasteiger partial charge in [-0.2, -0.15) is 0 Å². The number of likely N-dealkylation sites (tertiary alicyclic amines) is 1. The van der Waals surface area contributed by atoms with Gasteiger partial charge in [-0.15, -0.1) is 0 Å². The Kier molecular flexibility index (Phi) is 4.48. The smallest absolute Gasteiger partial charge is 0.310 e. The number of hydrogen-bond donors (Lipinski definition) is 1. The molecule has 20 heavy (non-hydrogen) atoms. The number of rotatable bonds is 3. The van der Waals surface area contributed by atoms with Gasteiger partial charge in [-0.1, -0.05) is 40.5 Å². The molecule has 116 valence electrons. The summed E-state index contributed by atoms with van der Waals surface area (Å²) in [5.41, 5.74) is -0.143. The van der Waals surface area contributed by atoms with E-state index in [2.05, 4.69) is 32.6 Å². The summed E-state index contributed by atoms with van der Waals surface area (Å²) in [7, 11) is 0. The molecule has 0 aromatic rings. The Labute approximate surface area is 123 Å². The molecule has 3 nitrogen and oxygen atoms in total. The molecule has 1 N–H and O–H groups in total. The van der Waals surface area contributed by atoms with Gasteiger partial charge in [-0.3, -0.25) is 4.79 Å². The second-order valence-electron chi connectivity index (χ2n) is 8.37. The summed E-state index contributed by atoms with van der Waals surface area (Å²) in [6.45, 7) is 12.0. The molecular formula is C17H31NO2. The zero-order chi connectivity index (χ0) is 15.0. The van der Waals surface area contributed by atoms with Crippen molar-refractivity contribution in [3.63, 3.8) is 0 Å². The van der Waals surface area contributed by atoms with Gasteiger partial charge >= 0.3 is 5.97 Å². The van der Waals surface area contributed by atoms with Crippen LogP contribution in [0.5, 0.6) is 0 Å². The van der Waals surface area contributed by atoms with Crippen molar-refractivity contribution in [3.05, 3.63) is 0 Å². The number of aliphatic carboxylic acids is 1. The molecule has 3 unspecified atom stereocenters. The topological polar surface area (TPSA) is 40.5 Å². The van der Waals surface area contributed by atoms with Crippen LogP contribution in [0.25, 0.3) is 0 Å². The first-order valence-corrected chi connectivity index (χ1v) is 8.19. The summed E-state index contributed by atoms with van der Waals surface area (Å²) in [4.78, 5) is 14.3. The molecule has 1 aliphatic carbocycles. The number of nitrogens with zero attached hydrogens (tertiary/aromatic N) is 1. The van der Waals surface area contributed by atoms with Crippen LogP contribution in [0.1, 0.15) is 59.8 Å². The Morgan fingerprint density at radius 1 is 1.35 bits per heavy atom. The molecule has 1 heterocycles. The Hall–Kier alpha value is -0.570. The predicted molar refractivity (Wildman–Crippen MR) is 81.7 cm³/mol. The summed E-state index contributed by atoms with van der Waals surface area (Å²) in [5.74, 6) is 0.693. The number of hydrogen-bond acceptors (Lipinski definition) is 2. The molecule has 1 saturated carbocycles. The van der Waals surface area contributed by atoms with Crippen LogP contribution in [0.4, 0.5) is 0 Å². The summed E-state index contributed by atoms with van der Waals surface area (Å²) in [6.07, 6.45) is 5.21. The maximum atomic E-state index is 11.9. The van der Waals surface area contributed by atoms with Crippen LogP contribution in [0, 0.1) is 22.7 Å². The molecule has 1 aliphatic heterocycles. The molecular weight excluding hydrogens is 250 g/mol. The van der Waals surface area contributed by atoms with Crippen LogP contribution in [-0.4, -0.2) is 35.6 Å². The molecule has 1 saturated heterocycles. The normalized spacial score (nSPS) is 36.2. The second kappa shape index (κ2) is 5.67. The molecule has 0 radical (unpaired) electrons. The third-order valence-electron chi connectivity index (χ3n) is 5.57. The van der Waals surface area contributed by atoms with Gasteiger partial charge in [0.05, 0.1) is 5.41 Å². The molecule has 3 heteroatoms. The summed E-state index contributed by atoms with van der Waals surface area (Å²) in [5, 5.41) is 9.77. The minimum Gasteiger partial charge on any atom is -0.481 e. The largest absolute Gasteiger partial charge is 0.481 e. The van der Waals surface area contributed by atoms with Gasteiger partial charge in [0.2, 0.25) is 0 Å². The molecule has 0 amide bonds. The lowest BCUT2D eigenvalue weighted by atomic mass is 9.69. The highest BCUT2D eigenvalue weighted by Crippen LogP contribution is 2.42. The molecule has 0 spiro atoms.